The van der Waals surface area contributed by atoms with Crippen LogP contribution >= 0.6 is 0 Å². The summed E-state index contributed by atoms with van der Waals surface area (Å²) in [6.45, 7) is 3.20. The third-order valence-corrected chi connectivity index (χ3v) is 4.13. The number of methoxy groups -OCH3 is 1. The summed E-state index contributed by atoms with van der Waals surface area (Å²) in [5.74, 6) is -2.81. The number of esters is 1. The largest absolute Gasteiger partial charge is 0.465 e. The molecule has 1 aliphatic heterocycles. The monoisotopic (exact) mass is 298 g/mol. The van der Waals surface area contributed by atoms with Crippen molar-refractivity contribution < 1.29 is 18.3 Å². The van der Waals surface area contributed by atoms with Crippen molar-refractivity contribution in [3.05, 3.63) is 29.3 Å². The number of hydrogen-bond acceptors (Lipinski definition) is 4. The van der Waals surface area contributed by atoms with Crippen LogP contribution in [0, 0.1) is 17.6 Å². The maximum Gasteiger partial charge on any atom is 0.340 e. The van der Waals surface area contributed by atoms with E-state index in [9.17, 15) is 13.6 Å². The maximum atomic E-state index is 14.2. The van der Waals surface area contributed by atoms with Gasteiger partial charge in [0.15, 0.2) is 11.6 Å². The minimum Gasteiger partial charge on any atom is -0.465 e. The highest BCUT2D eigenvalue weighted by Crippen LogP contribution is 2.29. The highest BCUT2D eigenvalue weighted by Gasteiger charge is 2.28. The van der Waals surface area contributed by atoms with Gasteiger partial charge in [-0.3, -0.25) is 0 Å². The van der Waals surface area contributed by atoms with E-state index in [1.807, 2.05) is 6.92 Å². The Morgan fingerprint density at radius 3 is 2.76 bits per heavy atom. The van der Waals surface area contributed by atoms with Gasteiger partial charge in [0.2, 0.25) is 0 Å². The lowest BCUT2D eigenvalue weighted by Gasteiger charge is -2.38. The van der Waals surface area contributed by atoms with E-state index in [4.69, 9.17) is 5.73 Å². The van der Waals surface area contributed by atoms with Gasteiger partial charge in [0.25, 0.3) is 0 Å². The second kappa shape index (κ2) is 6.39. The quantitative estimate of drug-likeness (QED) is 0.870. The fourth-order valence-corrected chi connectivity index (χ4v) is 2.75. The molecule has 2 atom stereocenters. The van der Waals surface area contributed by atoms with Crippen LogP contribution in [-0.2, 0) is 4.74 Å². The minimum absolute atomic E-state index is 0.0912. The van der Waals surface area contributed by atoms with Gasteiger partial charge in [-0.05, 0) is 24.5 Å². The van der Waals surface area contributed by atoms with Gasteiger partial charge in [-0.15, -0.1) is 0 Å². The normalized spacial score (nSPS) is 22.2. The van der Waals surface area contributed by atoms with Crippen LogP contribution in [0.2, 0.25) is 0 Å². The molecule has 1 saturated heterocycles. The molecule has 1 aliphatic rings. The first-order valence-corrected chi connectivity index (χ1v) is 7.06. The summed E-state index contributed by atoms with van der Waals surface area (Å²) in [6, 6.07) is 2.78. The molecule has 4 nitrogen and oxygen atoms in total. The number of anilines is 1. The van der Waals surface area contributed by atoms with Crippen molar-refractivity contribution in [1.82, 2.24) is 0 Å². The average molecular weight is 298 g/mol. The van der Waals surface area contributed by atoms with Crippen molar-refractivity contribution in [2.45, 2.75) is 25.8 Å². The molecule has 116 valence electrons. The molecular weight excluding hydrogens is 278 g/mol. The van der Waals surface area contributed by atoms with Crippen LogP contribution in [0.4, 0.5) is 14.5 Å². The third-order valence-electron chi connectivity index (χ3n) is 4.13. The van der Waals surface area contributed by atoms with Gasteiger partial charge in [0.1, 0.15) is 0 Å². The molecule has 1 aromatic rings. The second-order valence-electron chi connectivity index (χ2n) is 5.32. The maximum absolute atomic E-state index is 14.2. The van der Waals surface area contributed by atoms with Crippen LogP contribution in [0.15, 0.2) is 12.1 Å². The first-order valence-electron chi connectivity index (χ1n) is 7.06. The molecule has 0 aromatic heterocycles. The van der Waals surface area contributed by atoms with E-state index in [-0.39, 0.29) is 23.2 Å². The molecule has 1 aromatic carbocycles. The van der Waals surface area contributed by atoms with Crippen molar-refractivity contribution >= 4 is 11.7 Å². The van der Waals surface area contributed by atoms with Crippen LogP contribution in [-0.4, -0.2) is 32.2 Å². The molecule has 0 spiro atoms. The lowest BCUT2D eigenvalue weighted by atomic mass is 9.90. The molecule has 6 heteroatoms. The second-order valence-corrected chi connectivity index (χ2v) is 5.32. The van der Waals surface area contributed by atoms with E-state index >= 15 is 0 Å². The van der Waals surface area contributed by atoms with Gasteiger partial charge in [-0.25, -0.2) is 13.6 Å². The Morgan fingerprint density at radius 2 is 2.14 bits per heavy atom. The predicted molar refractivity (Wildman–Crippen MR) is 76.3 cm³/mol. The summed E-state index contributed by atoms with van der Waals surface area (Å²) in [5, 5.41) is 0. The molecule has 0 amide bonds. The number of rotatable bonds is 3. The van der Waals surface area contributed by atoms with Gasteiger partial charge in [0.05, 0.1) is 18.4 Å². The molecule has 2 unspecified atom stereocenters. The van der Waals surface area contributed by atoms with Crippen LogP contribution in [0.1, 0.15) is 30.1 Å². The molecule has 0 radical (unpaired) electrons. The molecule has 1 fully saturated rings. The topological polar surface area (TPSA) is 55.6 Å². The minimum atomic E-state index is -1.16. The van der Waals surface area contributed by atoms with E-state index in [0.717, 1.165) is 20.0 Å². The first-order chi connectivity index (χ1) is 9.99. The summed E-state index contributed by atoms with van der Waals surface area (Å²) >= 11 is 0. The molecule has 1 heterocycles. The number of nitrogens with zero attached hydrogens (tertiary/aromatic N) is 1. The molecule has 0 aliphatic carbocycles. The molecule has 0 saturated carbocycles. The fraction of sp³-hybridized carbons (Fsp3) is 0.533. The van der Waals surface area contributed by atoms with E-state index < -0.39 is 17.6 Å². The Morgan fingerprint density at radius 1 is 1.43 bits per heavy atom. The Balaban J connectivity index is 2.29. The fourth-order valence-electron chi connectivity index (χ4n) is 2.75. The van der Waals surface area contributed by atoms with Crippen LogP contribution < -0.4 is 10.6 Å². The number of halogens is 2. The summed E-state index contributed by atoms with van der Waals surface area (Å²) < 4.78 is 32.6. The van der Waals surface area contributed by atoms with Crippen molar-refractivity contribution in [3.63, 3.8) is 0 Å². The molecule has 0 bridgehead atoms. The van der Waals surface area contributed by atoms with E-state index in [1.54, 1.807) is 4.90 Å². The first kappa shape index (κ1) is 15.7. The van der Waals surface area contributed by atoms with Gasteiger partial charge in [-0.1, -0.05) is 13.3 Å². The third kappa shape index (κ3) is 3.00. The van der Waals surface area contributed by atoms with E-state index in [0.29, 0.717) is 13.1 Å². The van der Waals surface area contributed by atoms with E-state index in [1.165, 1.54) is 12.1 Å². The van der Waals surface area contributed by atoms with E-state index in [2.05, 4.69) is 4.74 Å². The molecule has 21 heavy (non-hydrogen) atoms. The van der Waals surface area contributed by atoms with Gasteiger partial charge in [-0.2, -0.15) is 0 Å². The van der Waals surface area contributed by atoms with Crippen LogP contribution in [0.25, 0.3) is 0 Å². The lowest BCUT2D eigenvalue weighted by Crippen LogP contribution is -2.47. The van der Waals surface area contributed by atoms with Gasteiger partial charge in [0, 0.05) is 19.1 Å². The number of piperidine rings is 1. The van der Waals surface area contributed by atoms with Crippen molar-refractivity contribution in [2.24, 2.45) is 11.7 Å². The lowest BCUT2D eigenvalue weighted by molar-refractivity contribution is 0.0594. The highest BCUT2D eigenvalue weighted by atomic mass is 19.2. The summed E-state index contributed by atoms with van der Waals surface area (Å²) in [5.41, 5.74) is 5.81. The Hall–Kier alpha value is -1.69. The Labute approximate surface area is 122 Å². The van der Waals surface area contributed by atoms with Crippen LogP contribution in [0.5, 0.6) is 0 Å². The Bertz CT molecular complexity index is 537. The molecular formula is C15H20F2N2O2. The standard InChI is InChI=1S/C15H20F2N2O2/c1-3-9-8-19(7-6-11(9)18)12-5-4-10(15(20)21-2)13(16)14(12)17/h4-5,9,11H,3,6-8,18H2,1-2H3. The van der Waals surface area contributed by atoms with Gasteiger partial charge >= 0.3 is 5.97 Å². The van der Waals surface area contributed by atoms with Crippen LogP contribution in [0.3, 0.4) is 0 Å². The summed E-state index contributed by atoms with van der Waals surface area (Å²) in [6.07, 6.45) is 1.63. The SMILES string of the molecule is CCC1CN(c2ccc(C(=O)OC)c(F)c2F)CCC1N. The average Bonchev–Trinajstić information content (AvgIpc) is 2.50. The highest BCUT2D eigenvalue weighted by molar-refractivity contribution is 5.90. The smallest absolute Gasteiger partial charge is 0.340 e. The van der Waals surface area contributed by atoms with Crippen molar-refractivity contribution in [3.8, 4) is 0 Å². The summed E-state index contributed by atoms with van der Waals surface area (Å²) in [7, 11) is 1.13. The Kier molecular flexibility index (Phi) is 4.77. The van der Waals surface area contributed by atoms with Gasteiger partial charge < -0.3 is 15.4 Å². The molecule has 2 N–H and O–H groups in total. The zero-order chi connectivity index (χ0) is 15.6. The predicted octanol–water partition coefficient (Wildman–Crippen LogP) is 2.31. The number of ether oxygens (including phenoxy) is 1. The zero-order valence-electron chi connectivity index (χ0n) is 12.2. The summed E-state index contributed by atoms with van der Waals surface area (Å²) in [4.78, 5) is 13.1. The number of carbonyl (C=O) groups is 1. The number of benzene rings is 1. The number of nitrogens with two attached hydrogens (primary N) is 1. The number of hydrogen-bond donors (Lipinski definition) is 1. The van der Waals surface area contributed by atoms with Crippen molar-refractivity contribution in [1.29, 1.82) is 0 Å². The van der Waals surface area contributed by atoms with Crippen molar-refractivity contribution in [2.75, 3.05) is 25.1 Å². The zero-order valence-corrected chi connectivity index (χ0v) is 12.2. The number of carbonyl (C=O) groups excluding carboxylic acids is 1. The molecule has 2 rings (SSSR count).